The maximum Gasteiger partial charge on any atom is 0.220 e. The molecule has 0 radical (unpaired) electrons. The van der Waals surface area contributed by atoms with E-state index in [0.29, 0.717) is 12.3 Å². The molecule has 2 fully saturated rings. The minimum absolute atomic E-state index is 0.0481. The Kier molecular flexibility index (Phi) is 2.70. The molecule has 0 unspecified atom stereocenters. The molecule has 5 nitrogen and oxygen atoms in total. The summed E-state index contributed by atoms with van der Waals surface area (Å²) in [4.78, 5) is 17.8. The van der Waals surface area contributed by atoms with Crippen LogP contribution >= 0.6 is 0 Å². The zero-order chi connectivity index (χ0) is 12.6. The second-order valence-electron chi connectivity index (χ2n) is 5.15. The van der Waals surface area contributed by atoms with Gasteiger partial charge in [0, 0.05) is 37.8 Å². The lowest BCUT2D eigenvalue weighted by Crippen LogP contribution is -2.66. The number of hydrogen-bond donors (Lipinski definition) is 1. The SMILES string of the molecule is COc1ncccc1CN1CC2(CCC(=O)N2)C1. The lowest BCUT2D eigenvalue weighted by molar-refractivity contribution is -0.120. The van der Waals surface area contributed by atoms with Crippen LogP contribution in [0.25, 0.3) is 0 Å². The van der Waals surface area contributed by atoms with E-state index in [1.807, 2.05) is 12.1 Å². The van der Waals surface area contributed by atoms with Gasteiger partial charge in [-0.05, 0) is 12.5 Å². The fourth-order valence-corrected chi connectivity index (χ4v) is 2.90. The van der Waals surface area contributed by atoms with Crippen LogP contribution in [0.1, 0.15) is 18.4 Å². The Morgan fingerprint density at radius 1 is 1.56 bits per heavy atom. The number of hydrogen-bond acceptors (Lipinski definition) is 4. The van der Waals surface area contributed by atoms with Crippen molar-refractivity contribution in [1.29, 1.82) is 0 Å². The Balaban J connectivity index is 1.61. The highest BCUT2D eigenvalue weighted by Crippen LogP contribution is 2.32. The van der Waals surface area contributed by atoms with Crippen molar-refractivity contribution in [3.63, 3.8) is 0 Å². The topological polar surface area (TPSA) is 54.5 Å². The summed E-state index contributed by atoms with van der Waals surface area (Å²) in [6.07, 6.45) is 3.37. The molecule has 0 aliphatic carbocycles. The van der Waals surface area contributed by atoms with Crippen LogP contribution in [0, 0.1) is 0 Å². The van der Waals surface area contributed by atoms with Crippen LogP contribution in [0.5, 0.6) is 5.88 Å². The van der Waals surface area contributed by atoms with Crippen molar-refractivity contribution in [2.45, 2.75) is 24.9 Å². The monoisotopic (exact) mass is 247 g/mol. The second-order valence-corrected chi connectivity index (χ2v) is 5.15. The van der Waals surface area contributed by atoms with Crippen LogP contribution in [0.3, 0.4) is 0 Å². The third-order valence-corrected chi connectivity index (χ3v) is 3.73. The van der Waals surface area contributed by atoms with E-state index in [4.69, 9.17) is 4.74 Å². The van der Waals surface area contributed by atoms with Crippen LogP contribution in [0.2, 0.25) is 0 Å². The summed E-state index contributed by atoms with van der Waals surface area (Å²) >= 11 is 0. The lowest BCUT2D eigenvalue weighted by Gasteiger charge is -2.48. The number of carbonyl (C=O) groups is 1. The van der Waals surface area contributed by atoms with Crippen molar-refractivity contribution in [1.82, 2.24) is 15.2 Å². The fraction of sp³-hybridized carbons (Fsp3) is 0.538. The third-order valence-electron chi connectivity index (χ3n) is 3.73. The summed E-state index contributed by atoms with van der Waals surface area (Å²) in [5.74, 6) is 0.877. The number of pyridine rings is 1. The van der Waals surface area contributed by atoms with E-state index < -0.39 is 0 Å². The van der Waals surface area contributed by atoms with Gasteiger partial charge in [-0.1, -0.05) is 6.07 Å². The first-order chi connectivity index (χ1) is 8.71. The van der Waals surface area contributed by atoms with E-state index in [1.54, 1.807) is 13.3 Å². The Morgan fingerprint density at radius 3 is 3.06 bits per heavy atom. The number of likely N-dealkylation sites (tertiary alicyclic amines) is 1. The van der Waals surface area contributed by atoms with Gasteiger partial charge in [0.05, 0.1) is 12.6 Å². The molecule has 2 saturated heterocycles. The van der Waals surface area contributed by atoms with Gasteiger partial charge in [0.15, 0.2) is 0 Å². The van der Waals surface area contributed by atoms with Crippen molar-refractivity contribution in [2.24, 2.45) is 0 Å². The molecule has 3 heterocycles. The van der Waals surface area contributed by atoms with Gasteiger partial charge in [-0.15, -0.1) is 0 Å². The molecule has 0 bridgehead atoms. The smallest absolute Gasteiger partial charge is 0.220 e. The van der Waals surface area contributed by atoms with Crippen LogP contribution in [-0.2, 0) is 11.3 Å². The van der Waals surface area contributed by atoms with Gasteiger partial charge in [0.2, 0.25) is 11.8 Å². The highest BCUT2D eigenvalue weighted by atomic mass is 16.5. The molecule has 0 saturated carbocycles. The maximum atomic E-state index is 11.3. The molecule has 1 aromatic heterocycles. The minimum atomic E-state index is 0.0481. The summed E-state index contributed by atoms with van der Waals surface area (Å²) in [6, 6.07) is 3.95. The molecule has 1 spiro atoms. The first-order valence-corrected chi connectivity index (χ1v) is 6.22. The average Bonchev–Trinajstić information content (AvgIpc) is 2.72. The van der Waals surface area contributed by atoms with Crippen LogP contribution in [0.15, 0.2) is 18.3 Å². The largest absolute Gasteiger partial charge is 0.481 e. The van der Waals surface area contributed by atoms with Gasteiger partial charge in [-0.25, -0.2) is 4.98 Å². The normalized spacial score (nSPS) is 21.7. The Morgan fingerprint density at radius 2 is 2.39 bits per heavy atom. The second kappa shape index (κ2) is 4.24. The molecule has 96 valence electrons. The Bertz CT molecular complexity index is 469. The number of nitrogens with one attached hydrogen (secondary N) is 1. The number of ether oxygens (including phenoxy) is 1. The van der Waals surface area contributed by atoms with Gasteiger partial charge < -0.3 is 10.1 Å². The molecule has 1 amide bonds. The summed E-state index contributed by atoms with van der Waals surface area (Å²) < 4.78 is 5.24. The van der Waals surface area contributed by atoms with Crippen LogP contribution in [0.4, 0.5) is 0 Å². The first-order valence-electron chi connectivity index (χ1n) is 6.22. The van der Waals surface area contributed by atoms with E-state index in [-0.39, 0.29) is 11.4 Å². The summed E-state index contributed by atoms with van der Waals surface area (Å²) in [5, 5.41) is 3.08. The van der Waals surface area contributed by atoms with Crippen LogP contribution in [-0.4, -0.2) is 41.5 Å². The minimum Gasteiger partial charge on any atom is -0.481 e. The Hall–Kier alpha value is -1.62. The van der Waals surface area contributed by atoms with Crippen molar-refractivity contribution in [3.05, 3.63) is 23.9 Å². The molecular formula is C13H17N3O2. The average molecular weight is 247 g/mol. The Labute approximate surface area is 106 Å². The number of rotatable bonds is 3. The number of nitrogens with zero attached hydrogens (tertiary/aromatic N) is 2. The highest BCUT2D eigenvalue weighted by Gasteiger charge is 2.47. The molecule has 5 heteroatoms. The predicted octanol–water partition coefficient (Wildman–Crippen LogP) is 0.555. The van der Waals surface area contributed by atoms with Gasteiger partial charge in [0.25, 0.3) is 0 Å². The predicted molar refractivity (Wildman–Crippen MR) is 66.2 cm³/mol. The van der Waals surface area contributed by atoms with Gasteiger partial charge in [0.1, 0.15) is 0 Å². The quantitative estimate of drug-likeness (QED) is 0.847. The van der Waals surface area contributed by atoms with Crippen molar-refractivity contribution in [2.75, 3.05) is 20.2 Å². The molecule has 0 atom stereocenters. The molecular weight excluding hydrogens is 230 g/mol. The zero-order valence-corrected chi connectivity index (χ0v) is 10.5. The van der Waals surface area contributed by atoms with E-state index in [1.165, 1.54) is 0 Å². The van der Waals surface area contributed by atoms with E-state index in [0.717, 1.165) is 31.6 Å². The maximum absolute atomic E-state index is 11.3. The van der Waals surface area contributed by atoms with Crippen molar-refractivity contribution in [3.8, 4) is 5.88 Å². The summed E-state index contributed by atoms with van der Waals surface area (Å²) in [6.45, 7) is 2.68. The van der Waals surface area contributed by atoms with Gasteiger partial charge >= 0.3 is 0 Å². The van der Waals surface area contributed by atoms with Crippen molar-refractivity contribution < 1.29 is 9.53 Å². The highest BCUT2D eigenvalue weighted by molar-refractivity contribution is 5.79. The number of aromatic nitrogens is 1. The van der Waals surface area contributed by atoms with E-state index in [9.17, 15) is 4.79 Å². The molecule has 1 aromatic rings. The molecule has 18 heavy (non-hydrogen) atoms. The number of amides is 1. The van der Waals surface area contributed by atoms with Crippen molar-refractivity contribution >= 4 is 5.91 Å². The summed E-state index contributed by atoms with van der Waals surface area (Å²) in [5.41, 5.74) is 1.14. The number of carbonyl (C=O) groups excluding carboxylic acids is 1. The molecule has 3 rings (SSSR count). The molecule has 0 aromatic carbocycles. The molecule has 2 aliphatic heterocycles. The van der Waals surface area contributed by atoms with Gasteiger partial charge in [-0.3, -0.25) is 9.69 Å². The van der Waals surface area contributed by atoms with Gasteiger partial charge in [-0.2, -0.15) is 0 Å². The zero-order valence-electron chi connectivity index (χ0n) is 10.5. The third kappa shape index (κ3) is 1.95. The molecule has 1 N–H and O–H groups in total. The number of methoxy groups -OCH3 is 1. The fourth-order valence-electron chi connectivity index (χ4n) is 2.90. The summed E-state index contributed by atoms with van der Waals surface area (Å²) in [7, 11) is 1.64. The van der Waals surface area contributed by atoms with E-state index >= 15 is 0 Å². The van der Waals surface area contributed by atoms with Crippen LogP contribution < -0.4 is 10.1 Å². The van der Waals surface area contributed by atoms with E-state index in [2.05, 4.69) is 15.2 Å². The molecule has 2 aliphatic rings. The lowest BCUT2D eigenvalue weighted by atomic mass is 9.88. The standard InChI is InChI=1S/C13H17N3O2/c1-18-12-10(3-2-6-14-12)7-16-8-13(9-16)5-4-11(17)15-13/h2-3,6H,4-5,7-9H2,1H3,(H,15,17). The first kappa shape index (κ1) is 11.5.